The van der Waals surface area contributed by atoms with Gasteiger partial charge in [-0.1, -0.05) is 6.92 Å². The van der Waals surface area contributed by atoms with Gasteiger partial charge in [0.05, 0.1) is 0 Å². The fourth-order valence-corrected chi connectivity index (χ4v) is 2.28. The van der Waals surface area contributed by atoms with Gasteiger partial charge in [0.25, 0.3) is 0 Å². The van der Waals surface area contributed by atoms with Crippen molar-refractivity contribution in [2.75, 3.05) is 18.4 Å². The highest BCUT2D eigenvalue weighted by Crippen LogP contribution is 2.10. The standard InChI is InChI=1S/C13H22N4/c1-3-11-9-13(17-10(2)16-11)15-8-6-12-5-4-7-14-12/h9,12,14H,3-8H2,1-2H3,(H,15,16,17)/t12-/m1/s1. The maximum atomic E-state index is 4.40. The van der Waals surface area contributed by atoms with E-state index < -0.39 is 0 Å². The van der Waals surface area contributed by atoms with Gasteiger partial charge >= 0.3 is 0 Å². The van der Waals surface area contributed by atoms with E-state index in [1.807, 2.05) is 6.92 Å². The van der Waals surface area contributed by atoms with Gasteiger partial charge in [0.1, 0.15) is 11.6 Å². The zero-order valence-corrected chi connectivity index (χ0v) is 10.8. The Hall–Kier alpha value is -1.16. The molecule has 2 rings (SSSR count). The summed E-state index contributed by atoms with van der Waals surface area (Å²) in [4.78, 5) is 8.78. The third-order valence-corrected chi connectivity index (χ3v) is 3.21. The Labute approximate surface area is 103 Å². The Morgan fingerprint density at radius 2 is 2.35 bits per heavy atom. The molecule has 1 fully saturated rings. The molecular formula is C13H22N4. The average Bonchev–Trinajstić information content (AvgIpc) is 2.81. The van der Waals surface area contributed by atoms with E-state index in [4.69, 9.17) is 0 Å². The molecule has 2 heterocycles. The van der Waals surface area contributed by atoms with Gasteiger partial charge in [-0.2, -0.15) is 0 Å². The first-order chi connectivity index (χ1) is 8.28. The van der Waals surface area contributed by atoms with Crippen molar-refractivity contribution < 1.29 is 0 Å². The Morgan fingerprint density at radius 3 is 3.06 bits per heavy atom. The second kappa shape index (κ2) is 5.96. The van der Waals surface area contributed by atoms with Crippen LogP contribution in [0, 0.1) is 6.92 Å². The Bertz CT molecular complexity index is 358. The lowest BCUT2D eigenvalue weighted by molar-refractivity contribution is 0.574. The zero-order chi connectivity index (χ0) is 12.1. The first kappa shape index (κ1) is 12.3. The molecule has 94 valence electrons. The number of nitrogens with zero attached hydrogens (tertiary/aromatic N) is 2. The summed E-state index contributed by atoms with van der Waals surface area (Å²) in [6.45, 7) is 6.23. The molecule has 1 aromatic heterocycles. The number of rotatable bonds is 5. The van der Waals surface area contributed by atoms with Crippen molar-refractivity contribution in [2.45, 2.75) is 45.6 Å². The predicted molar refractivity (Wildman–Crippen MR) is 70.3 cm³/mol. The second-order valence-corrected chi connectivity index (χ2v) is 4.65. The van der Waals surface area contributed by atoms with E-state index in [2.05, 4.69) is 33.6 Å². The molecule has 0 radical (unpaired) electrons. The predicted octanol–water partition coefficient (Wildman–Crippen LogP) is 1.90. The van der Waals surface area contributed by atoms with E-state index in [-0.39, 0.29) is 0 Å². The van der Waals surface area contributed by atoms with Crippen LogP contribution in [0.3, 0.4) is 0 Å². The van der Waals surface area contributed by atoms with Crippen LogP contribution >= 0.6 is 0 Å². The molecule has 0 spiro atoms. The van der Waals surface area contributed by atoms with Crippen LogP contribution in [0.25, 0.3) is 0 Å². The van der Waals surface area contributed by atoms with Gasteiger partial charge in [-0.3, -0.25) is 0 Å². The Morgan fingerprint density at radius 1 is 1.47 bits per heavy atom. The molecular weight excluding hydrogens is 212 g/mol. The van der Waals surface area contributed by atoms with Gasteiger partial charge in [-0.25, -0.2) is 9.97 Å². The lowest BCUT2D eigenvalue weighted by Crippen LogP contribution is -2.24. The van der Waals surface area contributed by atoms with Gasteiger partial charge < -0.3 is 10.6 Å². The quantitative estimate of drug-likeness (QED) is 0.817. The number of nitrogens with one attached hydrogen (secondary N) is 2. The molecule has 0 saturated carbocycles. The third kappa shape index (κ3) is 3.66. The molecule has 0 unspecified atom stereocenters. The van der Waals surface area contributed by atoms with Crippen molar-refractivity contribution >= 4 is 5.82 Å². The molecule has 0 aromatic carbocycles. The Kier molecular flexibility index (Phi) is 4.31. The van der Waals surface area contributed by atoms with Crippen molar-refractivity contribution in [3.05, 3.63) is 17.6 Å². The largest absolute Gasteiger partial charge is 0.370 e. The van der Waals surface area contributed by atoms with Crippen LogP contribution in [0.5, 0.6) is 0 Å². The SMILES string of the molecule is CCc1cc(NCC[C@H]2CCCN2)nc(C)n1. The number of hydrogen-bond donors (Lipinski definition) is 2. The van der Waals surface area contributed by atoms with E-state index in [0.717, 1.165) is 30.3 Å². The summed E-state index contributed by atoms with van der Waals surface area (Å²) >= 11 is 0. The smallest absolute Gasteiger partial charge is 0.129 e. The average molecular weight is 234 g/mol. The highest BCUT2D eigenvalue weighted by molar-refractivity contribution is 5.35. The van der Waals surface area contributed by atoms with E-state index in [0.29, 0.717) is 6.04 Å². The number of hydrogen-bond acceptors (Lipinski definition) is 4. The van der Waals surface area contributed by atoms with Gasteiger partial charge in [-0.15, -0.1) is 0 Å². The minimum atomic E-state index is 0.691. The summed E-state index contributed by atoms with van der Waals surface area (Å²) < 4.78 is 0. The summed E-state index contributed by atoms with van der Waals surface area (Å²) in [6.07, 6.45) is 4.76. The monoisotopic (exact) mass is 234 g/mol. The number of aryl methyl sites for hydroxylation is 2. The molecule has 4 heteroatoms. The molecule has 1 atom stereocenters. The summed E-state index contributed by atoms with van der Waals surface area (Å²) in [5.41, 5.74) is 1.11. The summed E-state index contributed by atoms with van der Waals surface area (Å²) in [5, 5.41) is 6.90. The minimum absolute atomic E-state index is 0.691. The van der Waals surface area contributed by atoms with Crippen LogP contribution in [0.4, 0.5) is 5.82 Å². The highest BCUT2D eigenvalue weighted by Gasteiger charge is 2.13. The van der Waals surface area contributed by atoms with E-state index >= 15 is 0 Å². The summed E-state index contributed by atoms with van der Waals surface area (Å²) in [6, 6.07) is 2.74. The zero-order valence-electron chi connectivity index (χ0n) is 10.8. The molecule has 1 saturated heterocycles. The van der Waals surface area contributed by atoms with Gasteiger partial charge in [-0.05, 0) is 39.2 Å². The lowest BCUT2D eigenvalue weighted by Gasteiger charge is -2.11. The molecule has 1 aromatic rings. The molecule has 1 aliphatic heterocycles. The molecule has 0 amide bonds. The molecule has 17 heavy (non-hydrogen) atoms. The van der Waals surface area contributed by atoms with Crippen molar-refractivity contribution in [1.29, 1.82) is 0 Å². The van der Waals surface area contributed by atoms with Crippen LogP contribution in [0.1, 0.15) is 37.7 Å². The first-order valence-electron chi connectivity index (χ1n) is 6.59. The fraction of sp³-hybridized carbons (Fsp3) is 0.692. The fourth-order valence-electron chi connectivity index (χ4n) is 2.28. The second-order valence-electron chi connectivity index (χ2n) is 4.65. The van der Waals surface area contributed by atoms with Crippen molar-refractivity contribution in [1.82, 2.24) is 15.3 Å². The highest BCUT2D eigenvalue weighted by atomic mass is 15.0. The van der Waals surface area contributed by atoms with Gasteiger partial charge in [0, 0.05) is 24.3 Å². The third-order valence-electron chi connectivity index (χ3n) is 3.21. The van der Waals surface area contributed by atoms with Crippen LogP contribution in [-0.2, 0) is 6.42 Å². The molecule has 4 nitrogen and oxygen atoms in total. The summed E-state index contributed by atoms with van der Waals surface area (Å²) in [5.74, 6) is 1.82. The number of anilines is 1. The first-order valence-corrected chi connectivity index (χ1v) is 6.59. The molecule has 1 aliphatic rings. The summed E-state index contributed by atoms with van der Waals surface area (Å²) in [7, 11) is 0. The van der Waals surface area contributed by atoms with E-state index in [1.165, 1.54) is 25.8 Å². The van der Waals surface area contributed by atoms with Crippen LogP contribution in [-0.4, -0.2) is 29.1 Å². The van der Waals surface area contributed by atoms with Crippen molar-refractivity contribution in [2.24, 2.45) is 0 Å². The van der Waals surface area contributed by atoms with Gasteiger partial charge in [0.2, 0.25) is 0 Å². The molecule has 0 aliphatic carbocycles. The van der Waals surface area contributed by atoms with E-state index in [1.54, 1.807) is 0 Å². The van der Waals surface area contributed by atoms with Crippen molar-refractivity contribution in [3.8, 4) is 0 Å². The normalized spacial score (nSPS) is 19.5. The molecule has 0 bridgehead atoms. The minimum Gasteiger partial charge on any atom is -0.370 e. The number of aromatic nitrogens is 2. The molecule has 2 N–H and O–H groups in total. The maximum Gasteiger partial charge on any atom is 0.129 e. The lowest BCUT2D eigenvalue weighted by atomic mass is 10.1. The van der Waals surface area contributed by atoms with E-state index in [9.17, 15) is 0 Å². The Balaban J connectivity index is 1.83. The maximum absolute atomic E-state index is 4.40. The van der Waals surface area contributed by atoms with Crippen LogP contribution in [0.2, 0.25) is 0 Å². The topological polar surface area (TPSA) is 49.8 Å². The van der Waals surface area contributed by atoms with Crippen LogP contribution in [0.15, 0.2) is 6.07 Å². The van der Waals surface area contributed by atoms with Crippen LogP contribution < -0.4 is 10.6 Å². The van der Waals surface area contributed by atoms with Crippen molar-refractivity contribution in [3.63, 3.8) is 0 Å². The van der Waals surface area contributed by atoms with Gasteiger partial charge in [0.15, 0.2) is 0 Å².